The van der Waals surface area contributed by atoms with Crippen molar-refractivity contribution in [3.05, 3.63) is 151 Å². The molecule has 0 saturated heterocycles. The van der Waals surface area contributed by atoms with E-state index in [0.29, 0.717) is 17.5 Å². The van der Waals surface area contributed by atoms with Crippen molar-refractivity contribution in [3.8, 4) is 56.4 Å². The second-order valence-electron chi connectivity index (χ2n) is 14.2. The van der Waals surface area contributed by atoms with Crippen LogP contribution in [0.4, 0.5) is 0 Å². The first-order valence-electron chi connectivity index (χ1n) is 16.9. The smallest absolute Gasteiger partial charge is 0.164 e. The molecule has 0 aliphatic heterocycles. The van der Waals surface area contributed by atoms with Crippen LogP contribution in [0.3, 0.4) is 0 Å². The monoisotopic (exact) mass is 633 g/mol. The first-order valence-corrected chi connectivity index (χ1v) is 16.9. The molecule has 1 atom stereocenters. The van der Waals surface area contributed by atoms with E-state index in [1.165, 1.54) is 27.6 Å². The maximum Gasteiger partial charge on any atom is 0.164 e. The predicted octanol–water partition coefficient (Wildman–Crippen LogP) is 11.8. The third-order valence-corrected chi connectivity index (χ3v) is 10.5. The average molecular weight is 634 g/mol. The fourth-order valence-electron chi connectivity index (χ4n) is 7.64. The molecule has 1 aliphatic rings. The summed E-state index contributed by atoms with van der Waals surface area (Å²) in [5, 5.41) is 2.29. The van der Waals surface area contributed by atoms with E-state index < -0.39 is 0 Å². The van der Waals surface area contributed by atoms with E-state index in [4.69, 9.17) is 19.4 Å². The van der Waals surface area contributed by atoms with E-state index in [-0.39, 0.29) is 10.8 Å². The number of benzene rings is 6. The number of hydrogen-bond donors (Lipinski definition) is 0. The van der Waals surface area contributed by atoms with Crippen LogP contribution in [0.5, 0.6) is 0 Å². The molecule has 4 nitrogen and oxygen atoms in total. The summed E-state index contributed by atoms with van der Waals surface area (Å²) in [7, 11) is 0. The van der Waals surface area contributed by atoms with Gasteiger partial charge in [0.2, 0.25) is 0 Å². The summed E-state index contributed by atoms with van der Waals surface area (Å²) < 4.78 is 6.67. The van der Waals surface area contributed by atoms with Crippen LogP contribution in [-0.4, -0.2) is 15.0 Å². The van der Waals surface area contributed by atoms with E-state index in [9.17, 15) is 0 Å². The van der Waals surface area contributed by atoms with Crippen LogP contribution in [-0.2, 0) is 5.41 Å². The lowest BCUT2D eigenvalue weighted by molar-refractivity contribution is 0.256. The lowest BCUT2D eigenvalue weighted by Crippen LogP contribution is -2.36. The van der Waals surface area contributed by atoms with E-state index in [1.54, 1.807) is 0 Å². The molecule has 0 amide bonds. The zero-order valence-electron chi connectivity index (χ0n) is 28.0. The van der Waals surface area contributed by atoms with Crippen molar-refractivity contribution in [3.63, 3.8) is 0 Å². The number of rotatable bonds is 4. The van der Waals surface area contributed by atoms with Gasteiger partial charge >= 0.3 is 0 Å². The summed E-state index contributed by atoms with van der Waals surface area (Å²) in [4.78, 5) is 15.1. The van der Waals surface area contributed by atoms with Gasteiger partial charge in [-0.15, -0.1) is 0 Å². The Morgan fingerprint density at radius 2 is 1.08 bits per heavy atom. The van der Waals surface area contributed by atoms with Gasteiger partial charge < -0.3 is 4.42 Å². The molecule has 0 radical (unpaired) electrons. The van der Waals surface area contributed by atoms with Crippen LogP contribution < -0.4 is 0 Å². The molecule has 2 heterocycles. The Morgan fingerprint density at radius 1 is 0.490 bits per heavy atom. The SMILES string of the molecule is CC(C)(C)C1(C)c2ccccc2-c2ccc3oc4cc(-c5nc(-c6ccccc6)nc(-c6cccc(-c7ccccc7)c6)n5)ccc4c3c21. The van der Waals surface area contributed by atoms with Gasteiger partial charge in [0.25, 0.3) is 0 Å². The molecule has 1 aliphatic carbocycles. The van der Waals surface area contributed by atoms with E-state index in [0.717, 1.165) is 44.4 Å². The molecule has 49 heavy (non-hydrogen) atoms. The molecule has 0 saturated carbocycles. The standard InChI is InChI=1S/C45H35N3O/c1-44(2,3)45(4)36-21-12-11-20-33(36)34-24-25-37-39(40(34)45)35-23-22-32(27-38(35)49-37)43-47-41(29-16-9-6-10-17-29)46-42(48-43)31-19-13-18-30(26-31)28-14-7-5-8-15-28/h5-27H,1-4H3. The van der Waals surface area contributed by atoms with Crippen LogP contribution >= 0.6 is 0 Å². The Labute approximate surface area is 286 Å². The number of nitrogens with zero attached hydrogens (tertiary/aromatic N) is 3. The number of aromatic nitrogens is 3. The minimum Gasteiger partial charge on any atom is -0.456 e. The quantitative estimate of drug-likeness (QED) is 0.193. The van der Waals surface area contributed by atoms with Crippen molar-refractivity contribution < 1.29 is 4.42 Å². The van der Waals surface area contributed by atoms with Crippen LogP contribution in [0.25, 0.3) is 78.4 Å². The summed E-state index contributed by atoms with van der Waals surface area (Å²) in [6.45, 7) is 9.43. The van der Waals surface area contributed by atoms with E-state index >= 15 is 0 Å². The fourth-order valence-corrected chi connectivity index (χ4v) is 7.64. The van der Waals surface area contributed by atoms with Crippen molar-refractivity contribution in [1.82, 2.24) is 15.0 Å². The molecular weight excluding hydrogens is 599 g/mol. The van der Waals surface area contributed by atoms with Gasteiger partial charge in [-0.05, 0) is 63.1 Å². The van der Waals surface area contributed by atoms with Crippen molar-refractivity contribution in [1.29, 1.82) is 0 Å². The van der Waals surface area contributed by atoms with Crippen molar-refractivity contribution in [2.75, 3.05) is 0 Å². The van der Waals surface area contributed by atoms with Gasteiger partial charge in [-0.2, -0.15) is 0 Å². The summed E-state index contributed by atoms with van der Waals surface area (Å²) in [5.74, 6) is 1.86. The first-order chi connectivity index (χ1) is 23.8. The van der Waals surface area contributed by atoms with Crippen LogP contribution in [0.1, 0.15) is 38.8 Å². The van der Waals surface area contributed by atoms with E-state index in [2.05, 4.69) is 131 Å². The molecule has 6 aromatic carbocycles. The summed E-state index contributed by atoms with van der Waals surface area (Å²) in [6.07, 6.45) is 0. The minimum atomic E-state index is -0.199. The van der Waals surface area contributed by atoms with Gasteiger partial charge in [-0.1, -0.05) is 143 Å². The van der Waals surface area contributed by atoms with Crippen molar-refractivity contribution in [2.24, 2.45) is 5.41 Å². The Kier molecular flexibility index (Phi) is 6.47. The fraction of sp³-hybridized carbons (Fsp3) is 0.133. The third-order valence-electron chi connectivity index (χ3n) is 10.5. The maximum atomic E-state index is 6.67. The summed E-state index contributed by atoms with van der Waals surface area (Å²) in [5.41, 5.74) is 11.8. The Hall–Kier alpha value is -5.87. The number of furan rings is 1. The molecule has 0 N–H and O–H groups in total. The number of fused-ring (bicyclic) bond motifs is 7. The van der Waals surface area contributed by atoms with E-state index in [1.807, 2.05) is 36.4 Å². The van der Waals surface area contributed by atoms with Gasteiger partial charge in [0.05, 0.1) is 0 Å². The lowest BCUT2D eigenvalue weighted by Gasteiger charge is -2.41. The largest absolute Gasteiger partial charge is 0.456 e. The molecule has 0 bridgehead atoms. The van der Waals surface area contributed by atoms with Gasteiger partial charge in [0.1, 0.15) is 11.2 Å². The molecule has 0 fully saturated rings. The second kappa shape index (κ2) is 10.8. The summed E-state index contributed by atoms with van der Waals surface area (Å²) in [6, 6.07) is 48.5. The molecule has 0 spiro atoms. The van der Waals surface area contributed by atoms with Gasteiger partial charge in [0.15, 0.2) is 17.5 Å². The highest BCUT2D eigenvalue weighted by Gasteiger charge is 2.48. The second-order valence-corrected chi connectivity index (χ2v) is 14.2. The van der Waals surface area contributed by atoms with Crippen LogP contribution in [0.2, 0.25) is 0 Å². The third kappa shape index (κ3) is 4.55. The topological polar surface area (TPSA) is 51.8 Å². The van der Waals surface area contributed by atoms with Gasteiger partial charge in [0, 0.05) is 32.9 Å². The highest BCUT2D eigenvalue weighted by Crippen LogP contribution is 2.59. The molecule has 1 unspecified atom stereocenters. The normalized spacial score (nSPS) is 15.4. The van der Waals surface area contributed by atoms with Gasteiger partial charge in [-0.25, -0.2) is 15.0 Å². The minimum absolute atomic E-state index is 0.0287. The molecule has 4 heteroatoms. The van der Waals surface area contributed by atoms with Gasteiger partial charge in [-0.3, -0.25) is 0 Å². The molecular formula is C45H35N3O. The highest BCUT2D eigenvalue weighted by molar-refractivity contribution is 6.11. The Bertz CT molecular complexity index is 2540. The summed E-state index contributed by atoms with van der Waals surface area (Å²) >= 11 is 0. The highest BCUT2D eigenvalue weighted by atomic mass is 16.3. The molecule has 236 valence electrons. The zero-order valence-corrected chi connectivity index (χ0v) is 28.0. The van der Waals surface area contributed by atoms with Crippen molar-refractivity contribution in [2.45, 2.75) is 33.1 Å². The molecule has 2 aromatic heterocycles. The average Bonchev–Trinajstić information content (AvgIpc) is 3.65. The zero-order chi connectivity index (χ0) is 33.3. The Morgan fingerprint density at radius 3 is 1.80 bits per heavy atom. The lowest BCUT2D eigenvalue weighted by atomic mass is 9.62. The molecule has 8 aromatic rings. The first kappa shape index (κ1) is 29.3. The molecule has 9 rings (SSSR count). The van der Waals surface area contributed by atoms with Crippen molar-refractivity contribution >= 4 is 21.9 Å². The predicted molar refractivity (Wildman–Crippen MR) is 200 cm³/mol. The van der Waals surface area contributed by atoms with Crippen LogP contribution in [0, 0.1) is 5.41 Å². The van der Waals surface area contributed by atoms with Crippen LogP contribution in [0.15, 0.2) is 144 Å². The number of hydrogen-bond acceptors (Lipinski definition) is 4. The maximum absolute atomic E-state index is 6.67. The Balaban J connectivity index is 1.23.